The van der Waals surface area contributed by atoms with Gasteiger partial charge >= 0.3 is 6.09 Å². The summed E-state index contributed by atoms with van der Waals surface area (Å²) in [4.78, 5) is 18.6. The zero-order valence-electron chi connectivity index (χ0n) is 17.9. The van der Waals surface area contributed by atoms with Crippen LogP contribution in [0.5, 0.6) is 0 Å². The molecule has 0 atom stereocenters. The summed E-state index contributed by atoms with van der Waals surface area (Å²) in [6.07, 6.45) is 4.36. The number of carbonyl (C=O) groups is 1. The zero-order valence-corrected chi connectivity index (χ0v) is 18.7. The smallest absolute Gasteiger partial charge is 0.410 e. The molecule has 8 nitrogen and oxygen atoms in total. The number of hydrogen-bond donors (Lipinski definition) is 0. The normalized spacial score (nSPS) is 15.9. The van der Waals surface area contributed by atoms with Gasteiger partial charge in [0.2, 0.25) is 11.7 Å². The Balaban J connectivity index is 1.49. The minimum absolute atomic E-state index is 0.246. The molecule has 0 saturated carbocycles. The summed E-state index contributed by atoms with van der Waals surface area (Å²) in [7, 11) is -3.23. The number of carbonyl (C=O) groups excluding carboxylic acids is 1. The molecule has 30 heavy (non-hydrogen) atoms. The van der Waals surface area contributed by atoms with Gasteiger partial charge in [-0.1, -0.05) is 5.16 Å². The van der Waals surface area contributed by atoms with Crippen LogP contribution in [0.15, 0.2) is 33.7 Å². The number of piperidine rings is 1. The Kier molecular flexibility index (Phi) is 6.50. The largest absolute Gasteiger partial charge is 0.444 e. The van der Waals surface area contributed by atoms with Crippen molar-refractivity contribution in [3.63, 3.8) is 0 Å². The van der Waals surface area contributed by atoms with Crippen LogP contribution in [-0.4, -0.2) is 54.5 Å². The second-order valence-corrected chi connectivity index (χ2v) is 10.8. The van der Waals surface area contributed by atoms with Gasteiger partial charge in [0.1, 0.15) is 5.60 Å². The number of hydrogen-bond acceptors (Lipinski definition) is 7. The van der Waals surface area contributed by atoms with Crippen LogP contribution in [-0.2, 0) is 21.0 Å². The third-order valence-corrected chi connectivity index (χ3v) is 6.17. The van der Waals surface area contributed by atoms with Crippen molar-refractivity contribution in [3.05, 3.63) is 30.2 Å². The van der Waals surface area contributed by atoms with Gasteiger partial charge < -0.3 is 14.2 Å². The standard InChI is InChI=1S/C21H29N3O5S/c1-21(2,3)28-20(25)24-13-11-15(12-14-24)5-10-18-22-19(23-29-18)16-6-8-17(9-7-16)30(4,26)27/h6-9,15H,5,10-14H2,1-4H3. The Morgan fingerprint density at radius 1 is 1.20 bits per heavy atom. The molecule has 0 N–H and O–H groups in total. The number of nitrogens with zero attached hydrogens (tertiary/aromatic N) is 3. The number of sulfone groups is 1. The van der Waals surface area contributed by atoms with Gasteiger partial charge in [0.05, 0.1) is 4.90 Å². The first-order valence-electron chi connectivity index (χ1n) is 10.1. The molecule has 1 aromatic carbocycles. The summed E-state index contributed by atoms with van der Waals surface area (Å²) in [5.41, 5.74) is 0.234. The number of amides is 1. The predicted octanol–water partition coefficient (Wildman–Crippen LogP) is 3.72. The summed E-state index contributed by atoms with van der Waals surface area (Å²) in [6.45, 7) is 7.01. The molecule has 1 amide bonds. The van der Waals surface area contributed by atoms with Gasteiger partial charge in [0.25, 0.3) is 0 Å². The highest BCUT2D eigenvalue weighted by molar-refractivity contribution is 7.90. The SMILES string of the molecule is CC(C)(C)OC(=O)N1CCC(CCc2nc(-c3ccc(S(C)(=O)=O)cc3)no2)CC1. The summed E-state index contributed by atoms with van der Waals surface area (Å²) < 4.78 is 33.9. The molecule has 1 saturated heterocycles. The third kappa shape index (κ3) is 6.04. The molecule has 0 spiro atoms. The van der Waals surface area contributed by atoms with Crippen LogP contribution in [0.2, 0.25) is 0 Å². The van der Waals surface area contributed by atoms with E-state index in [0.29, 0.717) is 42.7 Å². The van der Waals surface area contributed by atoms with E-state index in [2.05, 4.69) is 10.1 Å². The first-order valence-corrected chi connectivity index (χ1v) is 12.0. The van der Waals surface area contributed by atoms with Gasteiger partial charge in [-0.2, -0.15) is 4.98 Å². The Bertz CT molecular complexity index is 969. The minimum Gasteiger partial charge on any atom is -0.444 e. The van der Waals surface area contributed by atoms with Crippen LogP contribution in [0.1, 0.15) is 45.9 Å². The van der Waals surface area contributed by atoms with Crippen molar-refractivity contribution in [3.8, 4) is 11.4 Å². The van der Waals surface area contributed by atoms with Gasteiger partial charge in [-0.3, -0.25) is 0 Å². The average Bonchev–Trinajstić information content (AvgIpc) is 3.14. The van der Waals surface area contributed by atoms with E-state index in [0.717, 1.165) is 19.3 Å². The topological polar surface area (TPSA) is 103 Å². The molecule has 3 rings (SSSR count). The van der Waals surface area contributed by atoms with E-state index in [4.69, 9.17) is 9.26 Å². The lowest BCUT2D eigenvalue weighted by atomic mass is 9.92. The molecular weight excluding hydrogens is 406 g/mol. The maximum Gasteiger partial charge on any atom is 0.410 e. The van der Waals surface area contributed by atoms with Crippen molar-refractivity contribution in [1.82, 2.24) is 15.0 Å². The highest BCUT2D eigenvalue weighted by Gasteiger charge is 2.27. The summed E-state index contributed by atoms with van der Waals surface area (Å²) >= 11 is 0. The molecule has 2 aromatic rings. The monoisotopic (exact) mass is 435 g/mol. The van der Waals surface area contributed by atoms with Crippen molar-refractivity contribution in [2.75, 3.05) is 19.3 Å². The highest BCUT2D eigenvalue weighted by Crippen LogP contribution is 2.24. The lowest BCUT2D eigenvalue weighted by Gasteiger charge is -2.33. The molecule has 1 aliphatic rings. The maximum atomic E-state index is 12.2. The number of aromatic nitrogens is 2. The lowest BCUT2D eigenvalue weighted by molar-refractivity contribution is 0.0180. The van der Waals surface area contributed by atoms with Crippen LogP contribution < -0.4 is 0 Å². The van der Waals surface area contributed by atoms with E-state index < -0.39 is 15.4 Å². The Hall–Kier alpha value is -2.42. The molecule has 2 heterocycles. The number of ether oxygens (including phenoxy) is 1. The van der Waals surface area contributed by atoms with Crippen molar-refractivity contribution in [2.24, 2.45) is 5.92 Å². The zero-order chi connectivity index (χ0) is 21.9. The second-order valence-electron chi connectivity index (χ2n) is 8.76. The van der Waals surface area contributed by atoms with Crippen molar-refractivity contribution >= 4 is 15.9 Å². The van der Waals surface area contributed by atoms with E-state index in [1.54, 1.807) is 29.2 Å². The van der Waals surface area contributed by atoms with E-state index in [9.17, 15) is 13.2 Å². The first-order chi connectivity index (χ1) is 14.0. The molecule has 0 bridgehead atoms. The predicted molar refractivity (Wildman–Crippen MR) is 112 cm³/mol. The average molecular weight is 436 g/mol. The summed E-state index contributed by atoms with van der Waals surface area (Å²) in [5, 5.41) is 4.01. The van der Waals surface area contributed by atoms with Crippen molar-refractivity contribution < 1.29 is 22.5 Å². The fourth-order valence-corrected chi connectivity index (χ4v) is 4.01. The third-order valence-electron chi connectivity index (χ3n) is 5.04. The van der Waals surface area contributed by atoms with Crippen LogP contribution in [0.4, 0.5) is 4.79 Å². The van der Waals surface area contributed by atoms with Gasteiger partial charge in [-0.25, -0.2) is 13.2 Å². The number of benzene rings is 1. The van der Waals surface area contributed by atoms with E-state index in [1.165, 1.54) is 6.26 Å². The molecule has 1 aliphatic heterocycles. The molecule has 9 heteroatoms. The molecule has 164 valence electrons. The minimum atomic E-state index is -3.23. The van der Waals surface area contributed by atoms with E-state index in [1.807, 2.05) is 20.8 Å². The Labute approximate surface area is 177 Å². The first kappa shape index (κ1) is 22.3. The van der Waals surface area contributed by atoms with Gasteiger partial charge in [0, 0.05) is 31.3 Å². The van der Waals surface area contributed by atoms with Crippen molar-refractivity contribution in [2.45, 2.75) is 57.0 Å². The van der Waals surface area contributed by atoms with E-state index >= 15 is 0 Å². The van der Waals surface area contributed by atoms with Gasteiger partial charge in [-0.15, -0.1) is 0 Å². The number of aryl methyl sites for hydroxylation is 1. The molecule has 0 unspecified atom stereocenters. The maximum absolute atomic E-state index is 12.2. The van der Waals surface area contributed by atoms with Crippen LogP contribution >= 0.6 is 0 Å². The summed E-state index contributed by atoms with van der Waals surface area (Å²) in [5.74, 6) is 1.50. The molecular formula is C21H29N3O5S. The van der Waals surface area contributed by atoms with Gasteiger partial charge in [0.15, 0.2) is 9.84 Å². The highest BCUT2D eigenvalue weighted by atomic mass is 32.2. The number of likely N-dealkylation sites (tertiary alicyclic amines) is 1. The van der Waals surface area contributed by atoms with E-state index in [-0.39, 0.29) is 11.0 Å². The Morgan fingerprint density at radius 2 is 1.83 bits per heavy atom. The quantitative estimate of drug-likeness (QED) is 0.705. The van der Waals surface area contributed by atoms with Gasteiger partial charge in [-0.05, 0) is 70.2 Å². The van der Waals surface area contributed by atoms with Crippen LogP contribution in [0.25, 0.3) is 11.4 Å². The van der Waals surface area contributed by atoms with Crippen LogP contribution in [0.3, 0.4) is 0 Å². The molecule has 0 radical (unpaired) electrons. The Morgan fingerprint density at radius 3 is 2.40 bits per heavy atom. The molecule has 0 aliphatic carbocycles. The second kappa shape index (κ2) is 8.75. The van der Waals surface area contributed by atoms with Crippen LogP contribution in [0, 0.1) is 5.92 Å². The fraction of sp³-hybridized carbons (Fsp3) is 0.571. The van der Waals surface area contributed by atoms with Crippen molar-refractivity contribution in [1.29, 1.82) is 0 Å². The lowest BCUT2D eigenvalue weighted by Crippen LogP contribution is -2.41. The fourth-order valence-electron chi connectivity index (χ4n) is 3.38. The summed E-state index contributed by atoms with van der Waals surface area (Å²) in [6, 6.07) is 6.44. The molecule has 1 fully saturated rings. The number of rotatable bonds is 5. The molecule has 1 aromatic heterocycles.